The Morgan fingerprint density at radius 2 is 2.19 bits per heavy atom. The lowest BCUT2D eigenvalue weighted by Crippen LogP contribution is -2.19. The Bertz CT molecular complexity index is 566. The molecule has 0 amide bonds. The van der Waals surface area contributed by atoms with Crippen LogP contribution in [0.4, 0.5) is 11.6 Å². The number of aromatic nitrogens is 2. The standard InChI is InChI=1S/C14H19BrN4OS/c1-4-16-12-6-14(18-13(17-12)8-20-3)19(2)7-11-5-10(15)9-21-11/h5-6,9H,4,7-8H2,1-3H3,(H,16,17,18). The SMILES string of the molecule is CCNc1cc(N(C)Cc2cc(Br)cs2)nc(COC)n1. The highest BCUT2D eigenvalue weighted by molar-refractivity contribution is 9.10. The lowest BCUT2D eigenvalue weighted by atomic mass is 10.4. The first-order chi connectivity index (χ1) is 10.1. The van der Waals surface area contributed by atoms with Crippen molar-refractivity contribution in [2.75, 3.05) is 30.9 Å². The fraction of sp³-hybridized carbons (Fsp3) is 0.429. The number of thiophene rings is 1. The van der Waals surface area contributed by atoms with Gasteiger partial charge in [0.2, 0.25) is 0 Å². The minimum absolute atomic E-state index is 0.407. The summed E-state index contributed by atoms with van der Waals surface area (Å²) in [4.78, 5) is 12.4. The molecule has 2 rings (SSSR count). The summed E-state index contributed by atoms with van der Waals surface area (Å²) in [6.07, 6.45) is 0. The molecule has 0 aliphatic rings. The molecule has 0 aliphatic carbocycles. The van der Waals surface area contributed by atoms with E-state index in [1.54, 1.807) is 18.4 Å². The van der Waals surface area contributed by atoms with Gasteiger partial charge in [-0.2, -0.15) is 0 Å². The Kier molecular flexibility index (Phi) is 5.96. The number of nitrogens with zero attached hydrogens (tertiary/aromatic N) is 3. The summed E-state index contributed by atoms with van der Waals surface area (Å²) >= 11 is 5.21. The van der Waals surface area contributed by atoms with E-state index in [9.17, 15) is 0 Å². The molecule has 0 aliphatic heterocycles. The first-order valence-corrected chi connectivity index (χ1v) is 8.34. The Labute approximate surface area is 137 Å². The molecular formula is C14H19BrN4OS. The van der Waals surface area contributed by atoms with Gasteiger partial charge in [0.25, 0.3) is 0 Å². The van der Waals surface area contributed by atoms with E-state index >= 15 is 0 Å². The third-order valence-electron chi connectivity index (χ3n) is 2.80. The van der Waals surface area contributed by atoms with Gasteiger partial charge in [-0.15, -0.1) is 11.3 Å². The average molecular weight is 371 g/mol. The number of rotatable bonds is 7. The minimum atomic E-state index is 0.407. The van der Waals surface area contributed by atoms with Gasteiger partial charge in [0.1, 0.15) is 18.2 Å². The molecule has 0 aromatic carbocycles. The molecule has 114 valence electrons. The fourth-order valence-electron chi connectivity index (χ4n) is 1.90. The zero-order chi connectivity index (χ0) is 15.2. The second-order valence-electron chi connectivity index (χ2n) is 4.58. The van der Waals surface area contributed by atoms with Gasteiger partial charge in [-0.05, 0) is 28.9 Å². The highest BCUT2D eigenvalue weighted by Crippen LogP contribution is 2.23. The van der Waals surface area contributed by atoms with E-state index in [0.29, 0.717) is 12.4 Å². The van der Waals surface area contributed by atoms with E-state index in [4.69, 9.17) is 4.74 Å². The van der Waals surface area contributed by atoms with Crippen LogP contribution < -0.4 is 10.2 Å². The second kappa shape index (κ2) is 7.72. The summed E-state index contributed by atoms with van der Waals surface area (Å²) in [5.74, 6) is 2.40. The van der Waals surface area contributed by atoms with E-state index in [2.05, 4.69) is 47.6 Å². The Morgan fingerprint density at radius 1 is 1.38 bits per heavy atom. The number of anilines is 2. The van der Waals surface area contributed by atoms with Crippen LogP contribution in [-0.4, -0.2) is 30.7 Å². The highest BCUT2D eigenvalue weighted by atomic mass is 79.9. The lowest BCUT2D eigenvalue weighted by molar-refractivity contribution is 0.178. The fourth-order valence-corrected chi connectivity index (χ4v) is 3.40. The van der Waals surface area contributed by atoms with Gasteiger partial charge in [-0.1, -0.05) is 0 Å². The van der Waals surface area contributed by atoms with Gasteiger partial charge in [0.05, 0.1) is 6.54 Å². The maximum atomic E-state index is 5.14. The summed E-state index contributed by atoms with van der Waals surface area (Å²) in [6, 6.07) is 4.09. The van der Waals surface area contributed by atoms with Crippen molar-refractivity contribution in [2.45, 2.75) is 20.1 Å². The molecule has 0 saturated carbocycles. The molecule has 2 aromatic heterocycles. The molecule has 0 radical (unpaired) electrons. The van der Waals surface area contributed by atoms with E-state index < -0.39 is 0 Å². The summed E-state index contributed by atoms with van der Waals surface area (Å²) in [6.45, 7) is 4.09. The number of hydrogen-bond donors (Lipinski definition) is 1. The van der Waals surface area contributed by atoms with Crippen molar-refractivity contribution < 1.29 is 4.74 Å². The predicted octanol–water partition coefficient (Wildman–Crippen LogP) is 3.52. The van der Waals surface area contributed by atoms with Crippen molar-refractivity contribution in [2.24, 2.45) is 0 Å². The Hall–Kier alpha value is -1.18. The van der Waals surface area contributed by atoms with Crippen molar-refractivity contribution in [1.82, 2.24) is 9.97 Å². The van der Waals surface area contributed by atoms with Crippen LogP contribution in [0.1, 0.15) is 17.6 Å². The van der Waals surface area contributed by atoms with Crippen LogP contribution in [0.25, 0.3) is 0 Å². The molecule has 2 heterocycles. The van der Waals surface area contributed by atoms with E-state index in [0.717, 1.165) is 29.2 Å². The molecule has 21 heavy (non-hydrogen) atoms. The normalized spacial score (nSPS) is 10.7. The molecule has 0 saturated heterocycles. The van der Waals surface area contributed by atoms with E-state index in [1.165, 1.54) is 4.88 Å². The van der Waals surface area contributed by atoms with E-state index in [1.807, 2.05) is 20.0 Å². The number of methoxy groups -OCH3 is 1. The smallest absolute Gasteiger partial charge is 0.158 e. The topological polar surface area (TPSA) is 50.3 Å². The van der Waals surface area contributed by atoms with Crippen LogP contribution >= 0.6 is 27.3 Å². The maximum Gasteiger partial charge on any atom is 0.158 e. The zero-order valence-electron chi connectivity index (χ0n) is 12.4. The first kappa shape index (κ1) is 16.2. The largest absolute Gasteiger partial charge is 0.377 e. The number of nitrogens with one attached hydrogen (secondary N) is 1. The molecular weight excluding hydrogens is 352 g/mol. The summed E-state index contributed by atoms with van der Waals surface area (Å²) < 4.78 is 6.26. The van der Waals surface area contributed by atoms with Gasteiger partial charge < -0.3 is 15.0 Å². The van der Waals surface area contributed by atoms with Gasteiger partial charge in [0, 0.05) is 41.5 Å². The van der Waals surface area contributed by atoms with Crippen molar-refractivity contribution >= 4 is 38.9 Å². The monoisotopic (exact) mass is 370 g/mol. The quantitative estimate of drug-likeness (QED) is 0.807. The maximum absolute atomic E-state index is 5.14. The Morgan fingerprint density at radius 3 is 2.81 bits per heavy atom. The third-order valence-corrected chi connectivity index (χ3v) is 4.48. The molecule has 0 fully saturated rings. The molecule has 0 atom stereocenters. The molecule has 7 heteroatoms. The molecule has 0 bridgehead atoms. The van der Waals surface area contributed by atoms with Gasteiger partial charge in [-0.3, -0.25) is 0 Å². The van der Waals surface area contributed by atoms with Gasteiger partial charge in [-0.25, -0.2) is 9.97 Å². The lowest BCUT2D eigenvalue weighted by Gasteiger charge is -2.19. The first-order valence-electron chi connectivity index (χ1n) is 6.67. The van der Waals surface area contributed by atoms with Crippen molar-refractivity contribution in [3.05, 3.63) is 32.7 Å². The zero-order valence-corrected chi connectivity index (χ0v) is 14.8. The molecule has 1 N–H and O–H groups in total. The minimum Gasteiger partial charge on any atom is -0.377 e. The van der Waals surface area contributed by atoms with Gasteiger partial charge in [0.15, 0.2) is 5.82 Å². The molecule has 0 unspecified atom stereocenters. The predicted molar refractivity (Wildman–Crippen MR) is 91.0 cm³/mol. The number of hydrogen-bond acceptors (Lipinski definition) is 6. The van der Waals surface area contributed by atoms with Crippen molar-refractivity contribution in [3.8, 4) is 0 Å². The van der Waals surface area contributed by atoms with Crippen LogP contribution in [0.5, 0.6) is 0 Å². The molecule has 5 nitrogen and oxygen atoms in total. The van der Waals surface area contributed by atoms with Crippen LogP contribution in [0.3, 0.4) is 0 Å². The Balaban J connectivity index is 2.19. The third kappa shape index (κ3) is 4.66. The molecule has 2 aromatic rings. The summed E-state index contributed by atoms with van der Waals surface area (Å²) in [5, 5.41) is 5.32. The summed E-state index contributed by atoms with van der Waals surface area (Å²) in [5.41, 5.74) is 0. The summed E-state index contributed by atoms with van der Waals surface area (Å²) in [7, 11) is 3.68. The van der Waals surface area contributed by atoms with Crippen molar-refractivity contribution in [3.63, 3.8) is 0 Å². The van der Waals surface area contributed by atoms with Gasteiger partial charge >= 0.3 is 0 Å². The van der Waals surface area contributed by atoms with Crippen LogP contribution in [-0.2, 0) is 17.9 Å². The van der Waals surface area contributed by atoms with Crippen LogP contribution in [0.15, 0.2) is 22.0 Å². The number of halogens is 1. The van der Waals surface area contributed by atoms with Crippen molar-refractivity contribution in [1.29, 1.82) is 0 Å². The molecule has 0 spiro atoms. The van der Waals surface area contributed by atoms with Crippen LogP contribution in [0, 0.1) is 0 Å². The number of ether oxygens (including phenoxy) is 1. The van der Waals surface area contributed by atoms with Crippen LogP contribution in [0.2, 0.25) is 0 Å². The average Bonchev–Trinajstić information content (AvgIpc) is 2.84. The second-order valence-corrected chi connectivity index (χ2v) is 6.49. The highest BCUT2D eigenvalue weighted by Gasteiger charge is 2.10. The van der Waals surface area contributed by atoms with E-state index in [-0.39, 0.29) is 0 Å².